The highest BCUT2D eigenvalue weighted by atomic mass is 32.1. The van der Waals surface area contributed by atoms with Gasteiger partial charge in [-0.2, -0.15) is 0 Å². The van der Waals surface area contributed by atoms with Crippen molar-refractivity contribution in [3.63, 3.8) is 0 Å². The van der Waals surface area contributed by atoms with E-state index in [9.17, 15) is 9.59 Å². The van der Waals surface area contributed by atoms with Gasteiger partial charge in [0.05, 0.1) is 0 Å². The van der Waals surface area contributed by atoms with Gasteiger partial charge in [-0.15, -0.1) is 0 Å². The molecule has 1 aromatic rings. The zero-order chi connectivity index (χ0) is 13.2. The van der Waals surface area contributed by atoms with Crippen LogP contribution >= 0.6 is 11.3 Å². The van der Waals surface area contributed by atoms with E-state index in [0.29, 0.717) is 6.54 Å². The predicted octanol–water partition coefficient (Wildman–Crippen LogP) is 0.332. The number of nitrogens with zero attached hydrogens (tertiary/aromatic N) is 2. The van der Waals surface area contributed by atoms with E-state index in [1.54, 1.807) is 11.9 Å². The SMILES string of the molecule is Cc1sc(=O)n(CC(=O)N(C)C(C)CN)c1C. The smallest absolute Gasteiger partial charge is 0.308 e. The van der Waals surface area contributed by atoms with Crippen LogP contribution in [0.3, 0.4) is 0 Å². The molecule has 5 nitrogen and oxygen atoms in total. The lowest BCUT2D eigenvalue weighted by Gasteiger charge is -2.23. The number of rotatable bonds is 4. The van der Waals surface area contributed by atoms with E-state index < -0.39 is 0 Å². The van der Waals surface area contributed by atoms with E-state index in [2.05, 4.69) is 0 Å². The number of carbonyl (C=O) groups excluding carboxylic acids is 1. The highest BCUT2D eigenvalue weighted by molar-refractivity contribution is 7.09. The summed E-state index contributed by atoms with van der Waals surface area (Å²) in [7, 11) is 1.71. The van der Waals surface area contributed by atoms with Gasteiger partial charge in [0.15, 0.2) is 0 Å². The summed E-state index contributed by atoms with van der Waals surface area (Å²) in [6, 6.07) is -0.0155. The maximum Gasteiger partial charge on any atom is 0.308 e. The van der Waals surface area contributed by atoms with Crippen LogP contribution in [0.4, 0.5) is 0 Å². The molecule has 1 atom stereocenters. The normalized spacial score (nSPS) is 12.5. The van der Waals surface area contributed by atoms with Crippen molar-refractivity contribution in [2.75, 3.05) is 13.6 Å². The third-order valence-electron chi connectivity index (χ3n) is 3.06. The lowest BCUT2D eigenvalue weighted by Crippen LogP contribution is -2.42. The summed E-state index contributed by atoms with van der Waals surface area (Å²) in [4.78, 5) is 26.0. The van der Waals surface area contributed by atoms with Gasteiger partial charge in [-0.1, -0.05) is 11.3 Å². The maximum atomic E-state index is 11.9. The molecule has 0 aliphatic rings. The topological polar surface area (TPSA) is 68.3 Å². The molecule has 6 heteroatoms. The van der Waals surface area contributed by atoms with Crippen LogP contribution in [0, 0.1) is 13.8 Å². The Morgan fingerprint density at radius 1 is 1.53 bits per heavy atom. The molecule has 1 heterocycles. The zero-order valence-corrected chi connectivity index (χ0v) is 11.5. The Balaban J connectivity index is 2.85. The second-order valence-electron chi connectivity index (χ2n) is 4.19. The summed E-state index contributed by atoms with van der Waals surface area (Å²) in [5.41, 5.74) is 6.37. The van der Waals surface area contributed by atoms with Crippen LogP contribution < -0.4 is 10.6 Å². The number of thiazole rings is 1. The van der Waals surface area contributed by atoms with E-state index in [0.717, 1.165) is 10.6 Å². The van der Waals surface area contributed by atoms with Gasteiger partial charge in [-0.05, 0) is 20.8 Å². The summed E-state index contributed by atoms with van der Waals surface area (Å²) >= 11 is 1.18. The average molecular weight is 257 g/mol. The van der Waals surface area contributed by atoms with E-state index in [4.69, 9.17) is 5.73 Å². The Kier molecular flexibility index (Phi) is 4.47. The third-order valence-corrected chi connectivity index (χ3v) is 4.06. The van der Waals surface area contributed by atoms with Crippen LogP contribution in [0.5, 0.6) is 0 Å². The number of hydrogen-bond donors (Lipinski definition) is 1. The number of aryl methyl sites for hydroxylation is 1. The maximum absolute atomic E-state index is 11.9. The largest absolute Gasteiger partial charge is 0.340 e. The number of hydrogen-bond acceptors (Lipinski definition) is 4. The molecule has 96 valence electrons. The first kappa shape index (κ1) is 13.9. The number of likely N-dealkylation sites (N-methyl/N-ethyl adjacent to an activating group) is 1. The van der Waals surface area contributed by atoms with E-state index in [1.165, 1.54) is 15.9 Å². The summed E-state index contributed by atoms with van der Waals surface area (Å²) in [6.07, 6.45) is 0. The summed E-state index contributed by atoms with van der Waals surface area (Å²) in [5, 5.41) is 0. The molecular weight excluding hydrogens is 238 g/mol. The molecule has 0 aromatic carbocycles. The number of nitrogens with two attached hydrogens (primary N) is 1. The summed E-state index contributed by atoms with van der Waals surface area (Å²) < 4.78 is 1.52. The molecule has 17 heavy (non-hydrogen) atoms. The quantitative estimate of drug-likeness (QED) is 0.845. The fraction of sp³-hybridized carbons (Fsp3) is 0.636. The number of amides is 1. The molecule has 0 saturated heterocycles. The van der Waals surface area contributed by atoms with Crippen molar-refractivity contribution in [1.29, 1.82) is 0 Å². The van der Waals surface area contributed by atoms with Crippen molar-refractivity contribution in [3.05, 3.63) is 20.2 Å². The third kappa shape index (κ3) is 2.95. The van der Waals surface area contributed by atoms with E-state index >= 15 is 0 Å². The minimum Gasteiger partial charge on any atom is -0.340 e. The fourth-order valence-electron chi connectivity index (χ4n) is 1.42. The summed E-state index contributed by atoms with van der Waals surface area (Å²) in [5.74, 6) is -0.0917. The molecule has 2 N–H and O–H groups in total. The Morgan fingerprint density at radius 3 is 2.53 bits per heavy atom. The van der Waals surface area contributed by atoms with Crippen LogP contribution in [-0.4, -0.2) is 35.0 Å². The Morgan fingerprint density at radius 2 is 2.12 bits per heavy atom. The van der Waals surface area contributed by atoms with Crippen molar-refractivity contribution < 1.29 is 4.79 Å². The second-order valence-corrected chi connectivity index (χ2v) is 5.35. The van der Waals surface area contributed by atoms with Gasteiger partial charge in [0.1, 0.15) is 6.54 Å². The summed E-state index contributed by atoms with van der Waals surface area (Å²) in [6.45, 7) is 6.13. The van der Waals surface area contributed by atoms with Gasteiger partial charge in [-0.25, -0.2) is 0 Å². The molecule has 0 radical (unpaired) electrons. The highest BCUT2D eigenvalue weighted by Gasteiger charge is 2.17. The second kappa shape index (κ2) is 5.46. The van der Waals surface area contributed by atoms with E-state index in [1.807, 2.05) is 20.8 Å². The molecule has 0 fully saturated rings. The molecule has 1 rings (SSSR count). The van der Waals surface area contributed by atoms with Gasteiger partial charge in [0.25, 0.3) is 0 Å². The van der Waals surface area contributed by atoms with Crippen molar-refractivity contribution in [3.8, 4) is 0 Å². The number of aromatic nitrogens is 1. The predicted molar refractivity (Wildman–Crippen MR) is 69.3 cm³/mol. The van der Waals surface area contributed by atoms with Gasteiger partial charge >= 0.3 is 4.87 Å². The number of carbonyl (C=O) groups is 1. The van der Waals surface area contributed by atoms with E-state index in [-0.39, 0.29) is 23.4 Å². The molecule has 1 unspecified atom stereocenters. The zero-order valence-electron chi connectivity index (χ0n) is 10.7. The molecular formula is C11H19N3O2S. The minimum atomic E-state index is -0.0917. The molecule has 0 bridgehead atoms. The van der Waals surface area contributed by atoms with Crippen molar-refractivity contribution in [1.82, 2.24) is 9.47 Å². The van der Waals surface area contributed by atoms with Gasteiger partial charge in [0.2, 0.25) is 5.91 Å². The fourth-order valence-corrected chi connectivity index (χ4v) is 2.25. The molecule has 0 spiro atoms. The minimum absolute atomic E-state index is 0.0155. The molecule has 0 saturated carbocycles. The Bertz CT molecular complexity index is 464. The first-order valence-corrected chi connectivity index (χ1v) is 6.32. The van der Waals surface area contributed by atoms with Gasteiger partial charge < -0.3 is 10.6 Å². The van der Waals surface area contributed by atoms with Crippen LogP contribution in [0.25, 0.3) is 0 Å². The van der Waals surface area contributed by atoms with Crippen molar-refractivity contribution in [2.45, 2.75) is 33.4 Å². The van der Waals surface area contributed by atoms with Crippen LogP contribution in [0.15, 0.2) is 4.79 Å². The van der Waals surface area contributed by atoms with Gasteiger partial charge in [-0.3, -0.25) is 14.2 Å². The average Bonchev–Trinajstić information content (AvgIpc) is 2.53. The molecule has 0 aliphatic carbocycles. The van der Waals surface area contributed by atoms with Gasteiger partial charge in [0, 0.05) is 30.2 Å². The lowest BCUT2D eigenvalue weighted by atomic mass is 10.3. The van der Waals surface area contributed by atoms with Crippen LogP contribution in [0.2, 0.25) is 0 Å². The Hall–Kier alpha value is -1.14. The lowest BCUT2D eigenvalue weighted by molar-refractivity contribution is -0.132. The van der Waals surface area contributed by atoms with Crippen LogP contribution in [-0.2, 0) is 11.3 Å². The first-order chi connectivity index (χ1) is 7.88. The first-order valence-electron chi connectivity index (χ1n) is 5.51. The highest BCUT2D eigenvalue weighted by Crippen LogP contribution is 2.09. The monoisotopic (exact) mass is 257 g/mol. The van der Waals surface area contributed by atoms with Crippen molar-refractivity contribution >= 4 is 17.2 Å². The standard InChI is InChI=1S/C11H19N3O2S/c1-7(5-12)13(4)10(15)6-14-8(2)9(3)17-11(14)16/h7H,5-6,12H2,1-4H3. The van der Waals surface area contributed by atoms with Crippen molar-refractivity contribution in [2.24, 2.45) is 5.73 Å². The Labute approximate surface area is 105 Å². The molecule has 1 amide bonds. The molecule has 1 aromatic heterocycles. The van der Waals surface area contributed by atoms with Crippen LogP contribution in [0.1, 0.15) is 17.5 Å². The molecule has 0 aliphatic heterocycles.